The second-order valence-corrected chi connectivity index (χ2v) is 3.92. The highest BCUT2D eigenvalue weighted by Gasteiger charge is 2.07. The van der Waals surface area contributed by atoms with Crippen molar-refractivity contribution >= 4 is 17.2 Å². The molecule has 0 aliphatic heterocycles. The SMILES string of the molecule is C#Cc1ccccc1Nc1ccccc1C(C)=O. The van der Waals surface area contributed by atoms with Crippen molar-refractivity contribution < 1.29 is 4.79 Å². The monoisotopic (exact) mass is 235 g/mol. The van der Waals surface area contributed by atoms with E-state index in [0.717, 1.165) is 16.9 Å². The fourth-order valence-electron chi connectivity index (χ4n) is 1.76. The summed E-state index contributed by atoms with van der Waals surface area (Å²) in [6.45, 7) is 1.55. The van der Waals surface area contributed by atoms with Crippen LogP contribution in [0.2, 0.25) is 0 Å². The molecule has 2 rings (SSSR count). The van der Waals surface area contributed by atoms with Gasteiger partial charge in [0.2, 0.25) is 0 Å². The van der Waals surface area contributed by atoms with E-state index in [1.807, 2.05) is 42.5 Å². The molecule has 2 aromatic carbocycles. The van der Waals surface area contributed by atoms with Crippen molar-refractivity contribution in [2.75, 3.05) is 5.32 Å². The maximum atomic E-state index is 11.5. The summed E-state index contributed by atoms with van der Waals surface area (Å²) in [5.41, 5.74) is 3.03. The van der Waals surface area contributed by atoms with Crippen LogP contribution in [0.15, 0.2) is 48.5 Å². The van der Waals surface area contributed by atoms with Crippen LogP contribution in [0.5, 0.6) is 0 Å². The van der Waals surface area contributed by atoms with E-state index >= 15 is 0 Å². The molecule has 0 unspecified atom stereocenters. The van der Waals surface area contributed by atoms with Gasteiger partial charge in [-0.25, -0.2) is 0 Å². The topological polar surface area (TPSA) is 29.1 Å². The molecular weight excluding hydrogens is 222 g/mol. The Morgan fingerprint density at radius 1 is 1.06 bits per heavy atom. The molecule has 2 heteroatoms. The fourth-order valence-corrected chi connectivity index (χ4v) is 1.76. The third-order valence-electron chi connectivity index (χ3n) is 2.66. The maximum absolute atomic E-state index is 11.5. The Morgan fingerprint density at radius 3 is 2.33 bits per heavy atom. The highest BCUT2D eigenvalue weighted by Crippen LogP contribution is 2.23. The summed E-state index contributed by atoms with van der Waals surface area (Å²) in [5.74, 6) is 2.64. The standard InChI is InChI=1S/C16H13NO/c1-3-13-8-4-6-10-15(13)17-16-11-7-5-9-14(16)12(2)18/h1,4-11,17H,2H3. The van der Waals surface area contributed by atoms with Crippen LogP contribution in [0, 0.1) is 12.3 Å². The molecule has 0 aliphatic carbocycles. The van der Waals surface area contributed by atoms with Gasteiger partial charge in [0.1, 0.15) is 0 Å². The smallest absolute Gasteiger partial charge is 0.161 e. The molecule has 0 aliphatic rings. The third-order valence-corrected chi connectivity index (χ3v) is 2.66. The molecule has 2 nitrogen and oxygen atoms in total. The van der Waals surface area contributed by atoms with Gasteiger partial charge in [-0.1, -0.05) is 30.2 Å². The van der Waals surface area contributed by atoms with Crippen LogP contribution in [0.4, 0.5) is 11.4 Å². The van der Waals surface area contributed by atoms with E-state index in [1.165, 1.54) is 0 Å². The molecule has 0 saturated heterocycles. The number of hydrogen-bond donors (Lipinski definition) is 1. The Kier molecular flexibility index (Phi) is 3.45. The molecule has 0 bridgehead atoms. The van der Waals surface area contributed by atoms with Crippen molar-refractivity contribution in [1.82, 2.24) is 0 Å². The Hall–Kier alpha value is -2.53. The number of Topliss-reactive ketones (excluding diaryl/α,β-unsaturated/α-hetero) is 1. The molecule has 0 spiro atoms. The van der Waals surface area contributed by atoms with Crippen LogP contribution in [-0.2, 0) is 0 Å². The molecule has 18 heavy (non-hydrogen) atoms. The van der Waals surface area contributed by atoms with Crippen molar-refractivity contribution in [2.45, 2.75) is 6.92 Å². The van der Waals surface area contributed by atoms with Gasteiger partial charge in [-0.2, -0.15) is 0 Å². The molecule has 0 heterocycles. The van der Waals surface area contributed by atoms with E-state index in [4.69, 9.17) is 6.42 Å². The summed E-state index contributed by atoms with van der Waals surface area (Å²) >= 11 is 0. The van der Waals surface area contributed by atoms with Crippen LogP contribution < -0.4 is 5.32 Å². The minimum absolute atomic E-state index is 0.0243. The zero-order chi connectivity index (χ0) is 13.0. The van der Waals surface area contributed by atoms with Gasteiger partial charge in [0, 0.05) is 16.8 Å². The highest BCUT2D eigenvalue weighted by atomic mass is 16.1. The zero-order valence-corrected chi connectivity index (χ0v) is 10.1. The number of para-hydroxylation sites is 2. The van der Waals surface area contributed by atoms with Crippen molar-refractivity contribution in [1.29, 1.82) is 0 Å². The van der Waals surface area contributed by atoms with Gasteiger partial charge in [-0.15, -0.1) is 6.42 Å². The summed E-state index contributed by atoms with van der Waals surface area (Å²) in [4.78, 5) is 11.5. The average molecular weight is 235 g/mol. The summed E-state index contributed by atoms with van der Waals surface area (Å²) in [6, 6.07) is 14.9. The lowest BCUT2D eigenvalue weighted by Gasteiger charge is -2.11. The average Bonchev–Trinajstić information content (AvgIpc) is 2.40. The summed E-state index contributed by atoms with van der Waals surface area (Å²) in [5, 5.41) is 3.21. The molecule has 2 aromatic rings. The summed E-state index contributed by atoms with van der Waals surface area (Å²) in [7, 11) is 0. The molecular formula is C16H13NO. The lowest BCUT2D eigenvalue weighted by atomic mass is 10.1. The number of carbonyl (C=O) groups is 1. The van der Waals surface area contributed by atoms with Gasteiger partial charge in [-0.3, -0.25) is 4.79 Å². The van der Waals surface area contributed by atoms with Crippen LogP contribution in [0.25, 0.3) is 0 Å². The molecule has 0 radical (unpaired) electrons. The van der Waals surface area contributed by atoms with E-state index < -0.39 is 0 Å². The minimum Gasteiger partial charge on any atom is -0.354 e. The molecule has 88 valence electrons. The Balaban J connectivity index is 2.41. The Labute approximate surface area is 107 Å². The van der Waals surface area contributed by atoms with Gasteiger partial charge in [0.15, 0.2) is 5.78 Å². The van der Waals surface area contributed by atoms with Gasteiger partial charge in [-0.05, 0) is 31.2 Å². The Bertz CT molecular complexity index is 623. The van der Waals surface area contributed by atoms with Crippen molar-refractivity contribution in [3.05, 3.63) is 59.7 Å². The first kappa shape index (κ1) is 11.9. The normalized spacial score (nSPS) is 9.56. The molecule has 0 aromatic heterocycles. The van der Waals surface area contributed by atoms with Crippen LogP contribution in [-0.4, -0.2) is 5.78 Å². The largest absolute Gasteiger partial charge is 0.354 e. The van der Waals surface area contributed by atoms with Crippen molar-refractivity contribution in [3.8, 4) is 12.3 Å². The van der Waals surface area contributed by atoms with E-state index in [1.54, 1.807) is 13.0 Å². The quantitative estimate of drug-likeness (QED) is 0.650. The highest BCUT2D eigenvalue weighted by molar-refractivity contribution is 6.00. The number of nitrogens with one attached hydrogen (secondary N) is 1. The molecule has 0 atom stereocenters. The van der Waals surface area contributed by atoms with Crippen LogP contribution >= 0.6 is 0 Å². The summed E-state index contributed by atoms with van der Waals surface area (Å²) < 4.78 is 0. The zero-order valence-electron chi connectivity index (χ0n) is 10.1. The summed E-state index contributed by atoms with van der Waals surface area (Å²) in [6.07, 6.45) is 5.45. The number of ketones is 1. The van der Waals surface area contributed by atoms with Gasteiger partial charge in [0.05, 0.1) is 5.69 Å². The van der Waals surface area contributed by atoms with Crippen molar-refractivity contribution in [2.24, 2.45) is 0 Å². The van der Waals surface area contributed by atoms with Crippen molar-refractivity contribution in [3.63, 3.8) is 0 Å². The lowest BCUT2D eigenvalue weighted by molar-refractivity contribution is 0.101. The maximum Gasteiger partial charge on any atom is 0.161 e. The van der Waals surface area contributed by atoms with Gasteiger partial charge in [0.25, 0.3) is 0 Å². The third kappa shape index (κ3) is 2.41. The van der Waals surface area contributed by atoms with E-state index in [0.29, 0.717) is 5.56 Å². The lowest BCUT2D eigenvalue weighted by Crippen LogP contribution is -2.01. The molecule has 0 amide bonds. The number of anilines is 2. The fraction of sp³-hybridized carbons (Fsp3) is 0.0625. The molecule has 1 N–H and O–H groups in total. The number of hydrogen-bond acceptors (Lipinski definition) is 2. The van der Waals surface area contributed by atoms with Gasteiger partial charge >= 0.3 is 0 Å². The van der Waals surface area contributed by atoms with Crippen LogP contribution in [0.3, 0.4) is 0 Å². The first-order valence-electron chi connectivity index (χ1n) is 5.65. The number of benzene rings is 2. The predicted molar refractivity (Wildman–Crippen MR) is 74.1 cm³/mol. The number of rotatable bonds is 3. The first-order valence-corrected chi connectivity index (χ1v) is 5.65. The molecule has 0 fully saturated rings. The van der Waals surface area contributed by atoms with Gasteiger partial charge < -0.3 is 5.32 Å². The minimum atomic E-state index is 0.0243. The van der Waals surface area contributed by atoms with E-state index in [-0.39, 0.29) is 5.78 Å². The molecule has 0 saturated carbocycles. The second kappa shape index (κ2) is 5.20. The predicted octanol–water partition coefficient (Wildman–Crippen LogP) is 3.61. The Morgan fingerprint density at radius 2 is 1.67 bits per heavy atom. The number of carbonyl (C=O) groups excluding carboxylic acids is 1. The second-order valence-electron chi connectivity index (χ2n) is 3.92. The van der Waals surface area contributed by atoms with E-state index in [2.05, 4.69) is 11.2 Å². The first-order chi connectivity index (χ1) is 8.72. The van der Waals surface area contributed by atoms with Crippen LogP contribution in [0.1, 0.15) is 22.8 Å². The number of terminal acetylenes is 1. The van der Waals surface area contributed by atoms with E-state index in [9.17, 15) is 4.79 Å².